The maximum Gasteiger partial charge on any atom is 0.371 e. The van der Waals surface area contributed by atoms with Crippen LogP contribution in [-0.4, -0.2) is 17.7 Å². The highest BCUT2D eigenvalue weighted by molar-refractivity contribution is 5.84. The third kappa shape index (κ3) is 4.34. The molecule has 0 radical (unpaired) electrons. The number of carboxylic acid groups (broad SMARTS) is 1. The van der Waals surface area contributed by atoms with Crippen LogP contribution in [0.15, 0.2) is 11.8 Å². The molecule has 66 valence electrons. The zero-order valence-corrected chi connectivity index (χ0v) is 6.91. The summed E-state index contributed by atoms with van der Waals surface area (Å²) in [4.78, 5) is 10.3. The number of allylic oxidation sites excluding steroid dienone is 1. The summed E-state index contributed by atoms with van der Waals surface area (Å²) in [5.74, 6) is -1.49. The highest BCUT2D eigenvalue weighted by Crippen LogP contribution is 1.99. The predicted molar refractivity (Wildman–Crippen MR) is 42.2 cm³/mol. The Morgan fingerprint density at radius 3 is 2.83 bits per heavy atom. The van der Waals surface area contributed by atoms with Crippen LogP contribution in [0.5, 0.6) is 0 Å². The van der Waals surface area contributed by atoms with Crippen molar-refractivity contribution in [1.29, 1.82) is 5.26 Å². The zero-order chi connectivity index (χ0) is 9.40. The molecule has 4 nitrogen and oxygen atoms in total. The van der Waals surface area contributed by atoms with E-state index in [0.717, 1.165) is 18.9 Å². The molecule has 4 heteroatoms. The summed E-state index contributed by atoms with van der Waals surface area (Å²) in [6, 6.07) is 1.61. The quantitative estimate of drug-likeness (QED) is 0.291. The second kappa shape index (κ2) is 6.23. The summed E-state index contributed by atoms with van der Waals surface area (Å²) in [7, 11) is 0. The molecule has 0 aliphatic rings. The lowest BCUT2D eigenvalue weighted by Crippen LogP contribution is -2.05. The summed E-state index contributed by atoms with van der Waals surface area (Å²) in [6.07, 6.45) is 2.60. The molecule has 0 aromatic carbocycles. The van der Waals surface area contributed by atoms with Crippen molar-refractivity contribution >= 4 is 5.97 Å². The van der Waals surface area contributed by atoms with Crippen LogP contribution >= 0.6 is 0 Å². The first-order valence-electron chi connectivity index (χ1n) is 3.68. The van der Waals surface area contributed by atoms with E-state index in [0.29, 0.717) is 6.61 Å². The normalized spacial score (nSPS) is 10.5. The fraction of sp³-hybridized carbons (Fsp3) is 0.500. The molecule has 0 saturated heterocycles. The van der Waals surface area contributed by atoms with E-state index in [-0.39, 0.29) is 5.76 Å². The number of nitriles is 1. The molecule has 1 N–H and O–H groups in total. The molecule has 12 heavy (non-hydrogen) atoms. The Bertz CT molecular complexity index is 215. The molecule has 0 amide bonds. The van der Waals surface area contributed by atoms with E-state index in [2.05, 4.69) is 0 Å². The van der Waals surface area contributed by atoms with Crippen LogP contribution in [0.25, 0.3) is 0 Å². The van der Waals surface area contributed by atoms with Gasteiger partial charge in [-0.3, -0.25) is 0 Å². The molecule has 0 saturated carbocycles. The number of nitrogens with zero attached hydrogens (tertiary/aromatic N) is 1. The van der Waals surface area contributed by atoms with E-state index in [9.17, 15) is 4.79 Å². The van der Waals surface area contributed by atoms with Gasteiger partial charge in [-0.15, -0.1) is 0 Å². The van der Waals surface area contributed by atoms with Crippen molar-refractivity contribution in [2.24, 2.45) is 0 Å². The summed E-state index contributed by atoms with van der Waals surface area (Å²) in [5.41, 5.74) is 0. The molecule has 0 spiro atoms. The summed E-state index contributed by atoms with van der Waals surface area (Å²) < 4.78 is 4.82. The number of ether oxygens (including phenoxy) is 1. The minimum Gasteiger partial charge on any atom is -0.486 e. The number of rotatable bonds is 5. The van der Waals surface area contributed by atoms with Gasteiger partial charge in [0.1, 0.15) is 0 Å². The minimum absolute atomic E-state index is 0.286. The number of carbonyl (C=O) groups is 1. The molecule has 0 rings (SSSR count). The summed E-state index contributed by atoms with van der Waals surface area (Å²) >= 11 is 0. The largest absolute Gasteiger partial charge is 0.486 e. The summed E-state index contributed by atoms with van der Waals surface area (Å²) in [6.45, 7) is 2.31. The van der Waals surface area contributed by atoms with Crippen LogP contribution in [0.3, 0.4) is 0 Å². The Balaban J connectivity index is 3.91. The van der Waals surface area contributed by atoms with Gasteiger partial charge in [0.05, 0.1) is 18.8 Å². The van der Waals surface area contributed by atoms with Gasteiger partial charge in [0.2, 0.25) is 5.76 Å². The Labute approximate surface area is 71.1 Å². The second-order valence-electron chi connectivity index (χ2n) is 2.14. The van der Waals surface area contributed by atoms with Gasteiger partial charge in [0.25, 0.3) is 0 Å². The zero-order valence-electron chi connectivity index (χ0n) is 6.91. The van der Waals surface area contributed by atoms with E-state index in [1.807, 2.05) is 6.92 Å². The number of aliphatic carboxylic acids is 1. The monoisotopic (exact) mass is 169 g/mol. The number of hydrogen-bond acceptors (Lipinski definition) is 3. The first kappa shape index (κ1) is 10.5. The first-order valence-corrected chi connectivity index (χ1v) is 3.68. The lowest BCUT2D eigenvalue weighted by molar-refractivity contribution is -0.136. The van der Waals surface area contributed by atoms with Gasteiger partial charge in [0, 0.05) is 0 Å². The molecule has 0 aromatic heterocycles. The van der Waals surface area contributed by atoms with Crippen LogP contribution in [0.2, 0.25) is 0 Å². The van der Waals surface area contributed by atoms with Crippen molar-refractivity contribution in [3.63, 3.8) is 0 Å². The molecule has 0 unspecified atom stereocenters. The smallest absolute Gasteiger partial charge is 0.371 e. The van der Waals surface area contributed by atoms with Crippen LogP contribution < -0.4 is 0 Å². The average Bonchev–Trinajstić information content (AvgIpc) is 2.03. The number of hydrogen-bond donors (Lipinski definition) is 1. The van der Waals surface area contributed by atoms with Gasteiger partial charge < -0.3 is 9.84 Å². The van der Waals surface area contributed by atoms with Crippen molar-refractivity contribution < 1.29 is 14.6 Å². The third-order valence-corrected chi connectivity index (χ3v) is 1.16. The Hall–Kier alpha value is -1.50. The van der Waals surface area contributed by atoms with Gasteiger partial charge in [0.15, 0.2) is 0 Å². The Morgan fingerprint density at radius 2 is 2.42 bits per heavy atom. The van der Waals surface area contributed by atoms with Gasteiger partial charge in [-0.25, -0.2) is 4.79 Å². The molecule has 0 fully saturated rings. The molecule has 0 aromatic rings. The van der Waals surface area contributed by atoms with E-state index in [1.165, 1.54) is 0 Å². The minimum atomic E-state index is -1.20. The van der Waals surface area contributed by atoms with Gasteiger partial charge in [-0.2, -0.15) is 5.26 Å². The van der Waals surface area contributed by atoms with Crippen LogP contribution in [0, 0.1) is 11.3 Å². The highest BCUT2D eigenvalue weighted by Gasteiger charge is 2.06. The predicted octanol–water partition coefficient (Wildman–Crippen LogP) is 1.30. The maximum absolute atomic E-state index is 10.3. The molecule has 0 aliphatic carbocycles. The Morgan fingerprint density at radius 1 is 1.75 bits per heavy atom. The Kier molecular flexibility index (Phi) is 5.45. The van der Waals surface area contributed by atoms with Crippen LogP contribution in [-0.2, 0) is 9.53 Å². The molecule has 0 aliphatic heterocycles. The van der Waals surface area contributed by atoms with Gasteiger partial charge in [-0.05, 0) is 6.42 Å². The maximum atomic E-state index is 10.3. The summed E-state index contributed by atoms with van der Waals surface area (Å²) in [5, 5.41) is 16.6. The average molecular weight is 169 g/mol. The lowest BCUT2D eigenvalue weighted by Gasteiger charge is -2.02. The van der Waals surface area contributed by atoms with Crippen LogP contribution in [0.1, 0.15) is 19.8 Å². The molecular formula is C8H11NO3. The first-order chi connectivity index (χ1) is 5.72. The van der Waals surface area contributed by atoms with Crippen molar-refractivity contribution in [1.82, 2.24) is 0 Å². The van der Waals surface area contributed by atoms with E-state index in [4.69, 9.17) is 15.1 Å². The number of carboxylic acids is 1. The fourth-order valence-electron chi connectivity index (χ4n) is 0.550. The fourth-order valence-corrected chi connectivity index (χ4v) is 0.550. The van der Waals surface area contributed by atoms with E-state index < -0.39 is 5.97 Å². The van der Waals surface area contributed by atoms with Crippen molar-refractivity contribution in [3.8, 4) is 6.07 Å². The molecule has 0 heterocycles. The standard InChI is InChI=1S/C8H11NO3/c1-2-3-6-12-7(4-5-9)8(10)11/h4H,2-3,6H2,1H3,(H,10,11)/b7-4+. The third-order valence-electron chi connectivity index (χ3n) is 1.16. The molecule has 0 atom stereocenters. The highest BCUT2D eigenvalue weighted by atomic mass is 16.5. The van der Waals surface area contributed by atoms with Crippen molar-refractivity contribution in [2.75, 3.05) is 6.61 Å². The van der Waals surface area contributed by atoms with Gasteiger partial charge >= 0.3 is 5.97 Å². The number of unbranched alkanes of at least 4 members (excludes halogenated alkanes) is 1. The lowest BCUT2D eigenvalue weighted by atomic mass is 10.3. The SMILES string of the molecule is CCCCO/C(=C/C#N)C(=O)O. The van der Waals surface area contributed by atoms with Crippen molar-refractivity contribution in [3.05, 3.63) is 11.8 Å². The van der Waals surface area contributed by atoms with Crippen LogP contribution in [0.4, 0.5) is 0 Å². The van der Waals surface area contributed by atoms with E-state index >= 15 is 0 Å². The second-order valence-corrected chi connectivity index (χ2v) is 2.14. The van der Waals surface area contributed by atoms with E-state index in [1.54, 1.807) is 6.07 Å². The van der Waals surface area contributed by atoms with Crippen molar-refractivity contribution in [2.45, 2.75) is 19.8 Å². The van der Waals surface area contributed by atoms with Gasteiger partial charge in [-0.1, -0.05) is 13.3 Å². The molecule has 0 bridgehead atoms. The molecular weight excluding hydrogens is 158 g/mol. The topological polar surface area (TPSA) is 70.3 Å².